The molecule has 1 aromatic carbocycles. The van der Waals surface area contributed by atoms with Crippen molar-refractivity contribution in [3.05, 3.63) is 34.9 Å². The number of halogens is 6. The van der Waals surface area contributed by atoms with Crippen LogP contribution in [0.15, 0.2) is 18.2 Å². The Balaban J connectivity index is 3.31. The topological polar surface area (TPSA) is 17.1 Å². The van der Waals surface area contributed by atoms with E-state index in [2.05, 4.69) is 0 Å². The Kier molecular flexibility index (Phi) is 6.25. The molecule has 23 heavy (non-hydrogen) atoms. The first-order valence-electron chi connectivity index (χ1n) is 7.34. The van der Waals surface area contributed by atoms with Gasteiger partial charge in [0.15, 0.2) is 5.78 Å². The Hall–Kier alpha value is -1.53. The molecule has 0 N–H and O–H groups in total. The van der Waals surface area contributed by atoms with Gasteiger partial charge in [-0.15, -0.1) is 0 Å². The van der Waals surface area contributed by atoms with Crippen molar-refractivity contribution in [1.29, 1.82) is 0 Å². The van der Waals surface area contributed by atoms with Gasteiger partial charge in [-0.1, -0.05) is 26.7 Å². The lowest BCUT2D eigenvalue weighted by Crippen LogP contribution is -2.18. The lowest BCUT2D eigenvalue weighted by atomic mass is 9.89. The summed E-state index contributed by atoms with van der Waals surface area (Å²) in [6, 6.07) is 1.04. The first-order chi connectivity index (χ1) is 10.5. The highest BCUT2D eigenvalue weighted by molar-refractivity contribution is 5.98. The lowest BCUT2D eigenvalue weighted by Gasteiger charge is -2.17. The number of hydrogen-bond donors (Lipinski definition) is 0. The van der Waals surface area contributed by atoms with Gasteiger partial charge in [-0.2, -0.15) is 26.3 Å². The molecule has 130 valence electrons. The molecule has 0 spiro atoms. The highest BCUT2D eigenvalue weighted by atomic mass is 19.4. The van der Waals surface area contributed by atoms with Gasteiger partial charge in [-0.25, -0.2) is 0 Å². The predicted octanol–water partition coefficient (Wildman–Crippen LogP) is 6.12. The minimum atomic E-state index is -4.94. The minimum Gasteiger partial charge on any atom is -0.294 e. The third-order valence-corrected chi connectivity index (χ3v) is 3.64. The summed E-state index contributed by atoms with van der Waals surface area (Å²) < 4.78 is 76.8. The molecule has 0 fully saturated rings. The number of ketones is 1. The SMILES string of the molecule is CCCCC(CC)C(=O)c1cc(C(F)(F)F)cc(C(F)(F)F)c1. The average molecular weight is 340 g/mol. The third-order valence-electron chi connectivity index (χ3n) is 3.64. The summed E-state index contributed by atoms with van der Waals surface area (Å²) in [7, 11) is 0. The van der Waals surface area contributed by atoms with Gasteiger partial charge in [0.05, 0.1) is 11.1 Å². The zero-order chi connectivity index (χ0) is 17.8. The molecule has 0 bridgehead atoms. The molecule has 0 aliphatic carbocycles. The van der Waals surface area contributed by atoms with E-state index in [0.29, 0.717) is 31.4 Å². The zero-order valence-electron chi connectivity index (χ0n) is 12.8. The Morgan fingerprint density at radius 1 is 0.957 bits per heavy atom. The van der Waals surface area contributed by atoms with Gasteiger partial charge in [-0.05, 0) is 31.0 Å². The quantitative estimate of drug-likeness (QED) is 0.450. The van der Waals surface area contributed by atoms with Crippen LogP contribution in [0.2, 0.25) is 0 Å². The molecule has 0 aliphatic rings. The molecular formula is C16H18F6O. The van der Waals surface area contributed by atoms with E-state index in [-0.39, 0.29) is 6.07 Å². The number of alkyl halides is 6. The van der Waals surface area contributed by atoms with Crippen molar-refractivity contribution in [3.8, 4) is 0 Å². The fourth-order valence-electron chi connectivity index (χ4n) is 2.30. The molecule has 1 aromatic rings. The van der Waals surface area contributed by atoms with E-state index >= 15 is 0 Å². The maximum Gasteiger partial charge on any atom is 0.416 e. The van der Waals surface area contributed by atoms with Crippen molar-refractivity contribution in [2.24, 2.45) is 5.92 Å². The molecule has 1 rings (SSSR count). The Morgan fingerprint density at radius 3 is 1.78 bits per heavy atom. The van der Waals surface area contributed by atoms with Crippen LogP contribution >= 0.6 is 0 Å². The number of Topliss-reactive ketones (excluding diaryl/α,β-unsaturated/α-hetero) is 1. The van der Waals surface area contributed by atoms with Crippen LogP contribution in [0, 0.1) is 5.92 Å². The largest absolute Gasteiger partial charge is 0.416 e. The second-order valence-electron chi connectivity index (χ2n) is 5.41. The number of hydrogen-bond acceptors (Lipinski definition) is 1. The second-order valence-corrected chi connectivity index (χ2v) is 5.41. The summed E-state index contributed by atoms with van der Waals surface area (Å²) in [4.78, 5) is 12.3. The summed E-state index contributed by atoms with van der Waals surface area (Å²) in [5, 5.41) is 0. The summed E-state index contributed by atoms with van der Waals surface area (Å²) >= 11 is 0. The fourth-order valence-corrected chi connectivity index (χ4v) is 2.30. The summed E-state index contributed by atoms with van der Waals surface area (Å²) in [5.74, 6) is -1.24. The van der Waals surface area contributed by atoms with Crippen molar-refractivity contribution < 1.29 is 31.1 Å². The van der Waals surface area contributed by atoms with Crippen molar-refractivity contribution in [1.82, 2.24) is 0 Å². The Morgan fingerprint density at radius 2 is 1.43 bits per heavy atom. The predicted molar refractivity (Wildman–Crippen MR) is 74.1 cm³/mol. The molecule has 0 aromatic heterocycles. The molecule has 1 nitrogen and oxygen atoms in total. The van der Waals surface area contributed by atoms with Crippen molar-refractivity contribution >= 4 is 5.78 Å². The molecule has 0 saturated carbocycles. The van der Waals surface area contributed by atoms with E-state index in [9.17, 15) is 31.1 Å². The molecule has 7 heteroatoms. The van der Waals surface area contributed by atoms with Gasteiger partial charge < -0.3 is 0 Å². The molecular weight excluding hydrogens is 322 g/mol. The first-order valence-corrected chi connectivity index (χ1v) is 7.34. The van der Waals surface area contributed by atoms with Crippen LogP contribution < -0.4 is 0 Å². The van der Waals surface area contributed by atoms with E-state index in [4.69, 9.17) is 0 Å². The van der Waals surface area contributed by atoms with Crippen molar-refractivity contribution in [2.75, 3.05) is 0 Å². The molecule has 0 aliphatic heterocycles. The fraction of sp³-hybridized carbons (Fsp3) is 0.562. The second kappa shape index (κ2) is 7.36. The van der Waals surface area contributed by atoms with E-state index in [1.165, 1.54) is 0 Å². The first kappa shape index (κ1) is 19.5. The molecule has 0 amide bonds. The van der Waals surface area contributed by atoms with E-state index in [0.717, 1.165) is 6.42 Å². The highest BCUT2D eigenvalue weighted by Gasteiger charge is 2.37. The van der Waals surface area contributed by atoms with Crippen LogP contribution in [-0.2, 0) is 12.4 Å². The zero-order valence-corrected chi connectivity index (χ0v) is 12.8. The maximum absolute atomic E-state index is 12.8. The number of carbonyl (C=O) groups is 1. The smallest absolute Gasteiger partial charge is 0.294 e. The molecule has 0 heterocycles. The molecule has 0 saturated heterocycles. The van der Waals surface area contributed by atoms with Crippen LogP contribution in [0.1, 0.15) is 61.0 Å². The van der Waals surface area contributed by atoms with E-state index in [1.54, 1.807) is 6.92 Å². The summed E-state index contributed by atoms with van der Waals surface area (Å²) in [5.41, 5.74) is -3.45. The van der Waals surface area contributed by atoms with E-state index < -0.39 is 40.7 Å². The third kappa shape index (κ3) is 5.25. The van der Waals surface area contributed by atoms with Gasteiger partial charge >= 0.3 is 12.4 Å². The Labute approximate surface area is 130 Å². The maximum atomic E-state index is 12.8. The van der Waals surface area contributed by atoms with Gasteiger partial charge in [0.2, 0.25) is 0 Å². The molecule has 0 radical (unpaired) electrons. The molecule has 1 unspecified atom stereocenters. The van der Waals surface area contributed by atoms with Gasteiger partial charge in [0.25, 0.3) is 0 Å². The highest BCUT2D eigenvalue weighted by Crippen LogP contribution is 2.37. The average Bonchev–Trinajstić information content (AvgIpc) is 2.45. The number of unbranched alkanes of at least 4 members (excludes halogenated alkanes) is 1. The Bertz CT molecular complexity index is 512. The van der Waals surface area contributed by atoms with Crippen LogP contribution in [-0.4, -0.2) is 5.78 Å². The molecule has 1 atom stereocenters. The minimum absolute atomic E-state index is 0.0315. The number of benzene rings is 1. The summed E-state index contributed by atoms with van der Waals surface area (Å²) in [6.07, 6.45) is -7.59. The van der Waals surface area contributed by atoms with Crippen LogP contribution in [0.25, 0.3) is 0 Å². The van der Waals surface area contributed by atoms with Gasteiger partial charge in [0, 0.05) is 11.5 Å². The number of carbonyl (C=O) groups excluding carboxylic acids is 1. The normalized spacial score (nSPS) is 13.9. The van der Waals surface area contributed by atoms with Crippen LogP contribution in [0.4, 0.5) is 26.3 Å². The van der Waals surface area contributed by atoms with Gasteiger partial charge in [0.1, 0.15) is 0 Å². The lowest BCUT2D eigenvalue weighted by molar-refractivity contribution is -0.143. The van der Waals surface area contributed by atoms with E-state index in [1.807, 2.05) is 6.92 Å². The van der Waals surface area contributed by atoms with Crippen molar-refractivity contribution in [2.45, 2.75) is 51.9 Å². The summed E-state index contributed by atoms with van der Waals surface area (Å²) in [6.45, 7) is 3.58. The monoisotopic (exact) mass is 340 g/mol. The van der Waals surface area contributed by atoms with Crippen LogP contribution in [0.3, 0.4) is 0 Å². The number of rotatable bonds is 6. The van der Waals surface area contributed by atoms with Crippen LogP contribution in [0.5, 0.6) is 0 Å². The standard InChI is InChI=1S/C16H18F6O/c1-3-5-6-10(4-2)14(23)11-7-12(15(17,18)19)9-13(8-11)16(20,21)22/h7-10H,3-6H2,1-2H3. The van der Waals surface area contributed by atoms with Crippen molar-refractivity contribution in [3.63, 3.8) is 0 Å². The van der Waals surface area contributed by atoms with Gasteiger partial charge in [-0.3, -0.25) is 4.79 Å².